The Balaban J connectivity index is 2.70. The summed E-state index contributed by atoms with van der Waals surface area (Å²) in [7, 11) is 0. The molecule has 4 heteroatoms. The Bertz CT molecular complexity index is 215. The van der Waals surface area contributed by atoms with Gasteiger partial charge in [-0.05, 0) is 12.5 Å². The zero-order valence-electron chi connectivity index (χ0n) is 6.23. The Hall–Kier alpha value is -0.770. The van der Waals surface area contributed by atoms with Gasteiger partial charge in [0.15, 0.2) is 0 Å². The van der Waals surface area contributed by atoms with Crippen LogP contribution in [0.3, 0.4) is 0 Å². The maximum atomic E-state index is 12.1. The molecule has 0 heterocycles. The van der Waals surface area contributed by atoms with Crippen molar-refractivity contribution in [1.29, 1.82) is 0 Å². The van der Waals surface area contributed by atoms with Crippen LogP contribution in [0.15, 0.2) is 17.7 Å². The van der Waals surface area contributed by atoms with Gasteiger partial charge in [0.2, 0.25) is 0 Å². The highest BCUT2D eigenvalue weighted by Gasteiger charge is 2.34. The molecule has 12 heavy (non-hydrogen) atoms. The first-order valence-electron chi connectivity index (χ1n) is 3.50. The van der Waals surface area contributed by atoms with E-state index in [-0.39, 0.29) is 13.0 Å². The Morgan fingerprint density at radius 3 is 2.75 bits per heavy atom. The molecule has 67 valence electrons. The molecule has 0 saturated heterocycles. The monoisotopic (exact) mass is 177 g/mol. The van der Waals surface area contributed by atoms with Gasteiger partial charge in [-0.3, -0.25) is 0 Å². The highest BCUT2D eigenvalue weighted by atomic mass is 19.4. The lowest BCUT2D eigenvalue weighted by atomic mass is 9.95. The van der Waals surface area contributed by atoms with Crippen LogP contribution in [0.1, 0.15) is 6.42 Å². The summed E-state index contributed by atoms with van der Waals surface area (Å²) >= 11 is 0. The van der Waals surface area contributed by atoms with Gasteiger partial charge in [0.25, 0.3) is 0 Å². The quantitative estimate of drug-likeness (QED) is 0.648. The third kappa shape index (κ3) is 2.11. The lowest BCUT2D eigenvalue weighted by molar-refractivity contribution is -0.0955. The molecule has 1 aliphatic carbocycles. The second-order valence-corrected chi connectivity index (χ2v) is 2.61. The zero-order chi connectivity index (χ0) is 9.19. The van der Waals surface area contributed by atoms with Crippen molar-refractivity contribution in [3.8, 4) is 0 Å². The van der Waals surface area contributed by atoms with Crippen LogP contribution < -0.4 is 0 Å². The molecule has 1 rings (SSSR count). The number of aliphatic hydroxyl groups excluding tert-OH is 1. The van der Waals surface area contributed by atoms with Gasteiger partial charge in [-0.25, -0.2) is 0 Å². The van der Waals surface area contributed by atoms with Crippen molar-refractivity contribution >= 4 is 0 Å². The van der Waals surface area contributed by atoms with Gasteiger partial charge >= 0.3 is 6.18 Å². The van der Waals surface area contributed by atoms with E-state index in [1.165, 1.54) is 6.08 Å². The predicted octanol–water partition coefficient (Wildman–Crippen LogP) is 1.85. The van der Waals surface area contributed by atoms with E-state index in [0.717, 1.165) is 6.08 Å². The topological polar surface area (TPSA) is 20.2 Å². The second-order valence-electron chi connectivity index (χ2n) is 2.61. The predicted molar refractivity (Wildman–Crippen MR) is 37.1 cm³/mol. The van der Waals surface area contributed by atoms with Gasteiger partial charge < -0.3 is 5.11 Å². The Labute approximate surface area is 68.2 Å². The molecule has 0 bridgehead atoms. The number of halogens is 3. The summed E-state index contributed by atoms with van der Waals surface area (Å²) < 4.78 is 36.2. The van der Waals surface area contributed by atoms with Gasteiger partial charge in [0, 0.05) is 11.5 Å². The number of hydrogen-bond donors (Lipinski definition) is 1. The van der Waals surface area contributed by atoms with Gasteiger partial charge in [-0.2, -0.15) is 13.2 Å². The highest BCUT2D eigenvalue weighted by molar-refractivity contribution is 5.21. The van der Waals surface area contributed by atoms with Crippen LogP contribution in [0.4, 0.5) is 13.2 Å². The summed E-state index contributed by atoms with van der Waals surface area (Å²) in [4.78, 5) is 0. The third-order valence-corrected chi connectivity index (χ3v) is 1.67. The first-order valence-corrected chi connectivity index (χ1v) is 3.50. The third-order valence-electron chi connectivity index (χ3n) is 1.67. The summed E-state index contributed by atoms with van der Waals surface area (Å²) in [5.74, 6) is -0.508. The van der Waals surface area contributed by atoms with Crippen LogP contribution in [0.5, 0.6) is 0 Å². The van der Waals surface area contributed by atoms with Gasteiger partial charge in [0.05, 0.1) is 6.61 Å². The van der Waals surface area contributed by atoms with E-state index in [4.69, 9.17) is 5.11 Å². The fourth-order valence-electron chi connectivity index (χ4n) is 1.00. The lowest BCUT2D eigenvalue weighted by Gasteiger charge is -2.17. The summed E-state index contributed by atoms with van der Waals surface area (Å²) in [6.07, 6.45) is 0.385. The van der Waals surface area contributed by atoms with Crippen LogP contribution in [0.25, 0.3) is 0 Å². The number of hydrogen-bond acceptors (Lipinski definition) is 1. The van der Waals surface area contributed by atoms with Crippen LogP contribution in [-0.2, 0) is 0 Å². The minimum Gasteiger partial charge on any atom is -0.396 e. The molecule has 1 N–H and O–H groups in total. The fourth-order valence-corrected chi connectivity index (χ4v) is 1.00. The Morgan fingerprint density at radius 1 is 1.58 bits per heavy atom. The van der Waals surface area contributed by atoms with Gasteiger partial charge in [-0.1, -0.05) is 12.2 Å². The molecule has 0 aromatic rings. The summed E-state index contributed by atoms with van der Waals surface area (Å²) in [6.45, 7) is -0.288. The average molecular weight is 177 g/mol. The molecule has 0 spiro atoms. The molecule has 0 aliphatic heterocycles. The van der Waals surface area contributed by atoms with Crippen molar-refractivity contribution in [2.24, 2.45) is 5.92 Å². The molecule has 1 unspecified atom stereocenters. The number of rotatable bonds is 1. The molecule has 1 nitrogen and oxygen atoms in total. The van der Waals surface area contributed by atoms with Crippen molar-refractivity contribution in [1.82, 2.24) is 0 Å². The minimum atomic E-state index is -4.27. The molecule has 0 amide bonds. The molecule has 0 fully saturated rings. The van der Waals surface area contributed by atoms with E-state index in [0.29, 0.717) is 0 Å². The molecular formula is C8H8F3O. The largest absolute Gasteiger partial charge is 0.412 e. The molecule has 0 aromatic carbocycles. The van der Waals surface area contributed by atoms with Crippen molar-refractivity contribution in [3.63, 3.8) is 0 Å². The van der Waals surface area contributed by atoms with E-state index in [1.807, 2.05) is 0 Å². The maximum absolute atomic E-state index is 12.1. The van der Waals surface area contributed by atoms with Crippen molar-refractivity contribution in [2.75, 3.05) is 6.61 Å². The number of aliphatic hydroxyl groups is 1. The van der Waals surface area contributed by atoms with E-state index in [2.05, 4.69) is 6.08 Å². The Morgan fingerprint density at radius 2 is 2.25 bits per heavy atom. The van der Waals surface area contributed by atoms with Crippen LogP contribution in [0, 0.1) is 12.0 Å². The molecule has 0 aromatic heterocycles. The zero-order valence-corrected chi connectivity index (χ0v) is 6.23. The number of alkyl halides is 3. The fraction of sp³-hybridized carbons (Fsp3) is 0.500. The number of allylic oxidation sites excluding steroid dienone is 3. The van der Waals surface area contributed by atoms with Crippen LogP contribution in [0.2, 0.25) is 0 Å². The maximum Gasteiger partial charge on any atom is 0.412 e. The molecule has 1 radical (unpaired) electrons. The minimum absolute atomic E-state index is 0.170. The first kappa shape index (κ1) is 9.32. The van der Waals surface area contributed by atoms with E-state index in [9.17, 15) is 13.2 Å². The Kier molecular flexibility index (Phi) is 2.57. The molecule has 0 saturated carbocycles. The second kappa shape index (κ2) is 3.31. The average Bonchev–Trinajstić information content (AvgIpc) is 2.03. The van der Waals surface area contributed by atoms with E-state index in [1.54, 1.807) is 0 Å². The van der Waals surface area contributed by atoms with E-state index < -0.39 is 17.7 Å². The van der Waals surface area contributed by atoms with Gasteiger partial charge in [-0.15, -0.1) is 0 Å². The smallest absolute Gasteiger partial charge is 0.396 e. The lowest BCUT2D eigenvalue weighted by Crippen LogP contribution is -2.18. The van der Waals surface area contributed by atoms with Crippen molar-refractivity contribution in [2.45, 2.75) is 12.6 Å². The first-order chi connectivity index (χ1) is 5.54. The standard InChI is InChI=1S/C8H8F3O/c9-8(10,11)7-3-1-2-6(4-7)5-12/h1,3,6,12H,4-5H2. The van der Waals surface area contributed by atoms with E-state index >= 15 is 0 Å². The normalized spacial score (nSPS) is 24.0. The summed E-state index contributed by atoms with van der Waals surface area (Å²) in [5.41, 5.74) is -0.597. The SMILES string of the molecule is OCC1[C]=CC=C(C(F)(F)F)C1. The molecular weight excluding hydrogens is 169 g/mol. The summed E-state index contributed by atoms with van der Waals surface area (Å²) in [5, 5.41) is 8.60. The van der Waals surface area contributed by atoms with Crippen LogP contribution >= 0.6 is 0 Å². The molecule has 1 atom stereocenters. The molecule has 1 aliphatic rings. The van der Waals surface area contributed by atoms with Gasteiger partial charge in [0.1, 0.15) is 0 Å². The van der Waals surface area contributed by atoms with Crippen LogP contribution in [-0.4, -0.2) is 17.9 Å². The summed E-state index contributed by atoms with van der Waals surface area (Å²) in [6, 6.07) is 0. The van der Waals surface area contributed by atoms with Crippen molar-refractivity contribution < 1.29 is 18.3 Å². The highest BCUT2D eigenvalue weighted by Crippen LogP contribution is 2.32. The van der Waals surface area contributed by atoms with Crippen molar-refractivity contribution in [3.05, 3.63) is 23.8 Å².